The van der Waals surface area contributed by atoms with Crippen molar-refractivity contribution < 1.29 is 37.3 Å². The van der Waals surface area contributed by atoms with E-state index in [0.29, 0.717) is 29.0 Å². The maximum Gasteiger partial charge on any atom is 0.573 e. The number of ether oxygens (including phenoxy) is 2. The Morgan fingerprint density at radius 3 is 2.03 bits per heavy atom. The van der Waals surface area contributed by atoms with Gasteiger partial charge in [-0.1, -0.05) is 64.1 Å². The van der Waals surface area contributed by atoms with E-state index in [2.05, 4.69) is 25.5 Å². The van der Waals surface area contributed by atoms with Crippen molar-refractivity contribution in [3.8, 4) is 22.6 Å². The van der Waals surface area contributed by atoms with Crippen LogP contribution in [0.5, 0.6) is 11.5 Å². The number of hydrogen-bond donors (Lipinski definition) is 1. The zero-order chi connectivity index (χ0) is 28.1. The number of nitrogens with zero attached hydrogens (tertiary/aromatic N) is 1. The summed E-state index contributed by atoms with van der Waals surface area (Å²) in [5.41, 5.74) is 2.83. The van der Waals surface area contributed by atoms with Gasteiger partial charge in [0.15, 0.2) is 0 Å². The second-order valence-corrected chi connectivity index (χ2v) is 9.74. The summed E-state index contributed by atoms with van der Waals surface area (Å²) >= 11 is 0. The summed E-state index contributed by atoms with van der Waals surface area (Å²) in [6, 6.07) is 17.5. The first-order valence-electron chi connectivity index (χ1n) is 12.1. The number of rotatable bonds is 8. The lowest BCUT2D eigenvalue weighted by Gasteiger charge is -2.25. The zero-order valence-electron chi connectivity index (χ0n) is 21.6. The minimum absolute atomic E-state index is 0.0347. The number of carboxylic acid groups (broad SMARTS) is 1. The highest BCUT2D eigenvalue weighted by molar-refractivity contribution is 6.37. The van der Waals surface area contributed by atoms with E-state index in [4.69, 9.17) is 4.74 Å². The molecule has 0 spiro atoms. The molecule has 3 aromatic rings. The average molecular weight is 530 g/mol. The van der Waals surface area contributed by atoms with Crippen LogP contribution >= 0.6 is 0 Å². The van der Waals surface area contributed by atoms with Crippen molar-refractivity contribution in [1.29, 1.82) is 0 Å². The van der Waals surface area contributed by atoms with E-state index in [1.54, 1.807) is 18.2 Å². The number of benzene rings is 3. The molecule has 0 aliphatic carbocycles. The lowest BCUT2D eigenvalue weighted by Crippen LogP contribution is -2.36. The van der Waals surface area contributed by atoms with Gasteiger partial charge in [-0.05, 0) is 58.9 Å². The fourth-order valence-corrected chi connectivity index (χ4v) is 3.80. The molecule has 0 unspecified atom stereocenters. The number of hydrogen-bond acceptors (Lipinski definition) is 4. The van der Waals surface area contributed by atoms with Gasteiger partial charge in [0.25, 0.3) is 0 Å². The monoisotopic (exact) mass is 529 g/mol. The Bertz CT molecular complexity index is 1260. The quantitative estimate of drug-likeness (QED) is 0.320. The maximum absolute atomic E-state index is 12.9. The summed E-state index contributed by atoms with van der Waals surface area (Å²) in [5.74, 6) is -2.72. The third-order valence-electron chi connectivity index (χ3n) is 5.72. The van der Waals surface area contributed by atoms with Crippen LogP contribution in [0.4, 0.5) is 18.9 Å². The van der Waals surface area contributed by atoms with Gasteiger partial charge in [0.2, 0.25) is 0 Å². The van der Waals surface area contributed by atoms with Crippen LogP contribution in [0.1, 0.15) is 45.2 Å². The summed E-state index contributed by atoms with van der Waals surface area (Å²) in [6.07, 6.45) is -4.09. The number of carbonyl (C=O) groups excluding carboxylic acids is 1. The van der Waals surface area contributed by atoms with Gasteiger partial charge in [-0.2, -0.15) is 0 Å². The molecule has 0 aliphatic heterocycles. The molecule has 1 N–H and O–H groups in total. The third-order valence-corrected chi connectivity index (χ3v) is 5.72. The first kappa shape index (κ1) is 28.6. The number of amides is 1. The summed E-state index contributed by atoms with van der Waals surface area (Å²) in [4.78, 5) is 25.8. The molecule has 0 aromatic heterocycles. The van der Waals surface area contributed by atoms with Crippen LogP contribution in [0.2, 0.25) is 0 Å². The predicted octanol–water partition coefficient (Wildman–Crippen LogP) is 6.96. The van der Waals surface area contributed by atoms with Crippen molar-refractivity contribution in [2.75, 3.05) is 11.5 Å². The van der Waals surface area contributed by atoms with Crippen molar-refractivity contribution in [2.45, 2.75) is 52.4 Å². The Kier molecular flexibility index (Phi) is 8.70. The van der Waals surface area contributed by atoms with E-state index in [9.17, 15) is 27.9 Å². The zero-order valence-corrected chi connectivity index (χ0v) is 21.6. The molecule has 202 valence electrons. The Morgan fingerprint density at radius 2 is 1.50 bits per heavy atom. The molecule has 1 amide bonds. The van der Waals surface area contributed by atoms with Crippen molar-refractivity contribution in [3.63, 3.8) is 0 Å². The number of anilines is 1. The molecule has 9 heteroatoms. The predicted molar refractivity (Wildman–Crippen MR) is 138 cm³/mol. The molecule has 0 bridgehead atoms. The highest BCUT2D eigenvalue weighted by atomic mass is 19.4. The Morgan fingerprint density at radius 1 is 0.895 bits per heavy atom. The van der Waals surface area contributed by atoms with Crippen LogP contribution in [-0.4, -0.2) is 30.0 Å². The van der Waals surface area contributed by atoms with Gasteiger partial charge in [-0.15, -0.1) is 13.2 Å². The van der Waals surface area contributed by atoms with Gasteiger partial charge in [0, 0.05) is 5.56 Å². The van der Waals surface area contributed by atoms with Crippen LogP contribution in [0, 0.1) is 0 Å². The average Bonchev–Trinajstić information content (AvgIpc) is 2.85. The highest BCUT2D eigenvalue weighted by Crippen LogP contribution is 2.37. The largest absolute Gasteiger partial charge is 0.573 e. The summed E-state index contributed by atoms with van der Waals surface area (Å²) in [5, 5.41) is 9.58. The van der Waals surface area contributed by atoms with Gasteiger partial charge >= 0.3 is 18.2 Å². The van der Waals surface area contributed by atoms with Gasteiger partial charge in [0.05, 0.1) is 18.8 Å². The number of carboxylic acids is 1. The van der Waals surface area contributed by atoms with Crippen LogP contribution in [0.3, 0.4) is 0 Å². The third kappa shape index (κ3) is 7.50. The first-order chi connectivity index (χ1) is 17.8. The minimum Gasteiger partial charge on any atom is -0.494 e. The molecule has 0 fully saturated rings. The van der Waals surface area contributed by atoms with E-state index in [0.717, 1.165) is 29.0 Å². The van der Waals surface area contributed by atoms with E-state index < -0.39 is 24.0 Å². The lowest BCUT2D eigenvalue weighted by molar-refractivity contribution is -0.274. The van der Waals surface area contributed by atoms with E-state index in [1.807, 2.05) is 31.2 Å². The Labute approximate surface area is 219 Å². The van der Waals surface area contributed by atoms with Gasteiger partial charge in [0.1, 0.15) is 11.5 Å². The molecular formula is C29H30F3NO5. The van der Waals surface area contributed by atoms with E-state index in [1.165, 1.54) is 12.1 Å². The molecule has 0 atom stereocenters. The maximum atomic E-state index is 12.9. The number of alkyl halides is 3. The standard InChI is InChI=1S/C29H30F3NO5/c1-5-16-37-23-14-15-25(24(17-23)20-8-12-22(13-9-20)38-29(30,31)32)33(26(34)27(35)36)18-19-6-10-21(11-7-19)28(2,3)4/h6-15,17H,5,16,18H2,1-4H3,(H,35,36). The van der Waals surface area contributed by atoms with Gasteiger partial charge in [-0.3, -0.25) is 9.69 Å². The van der Waals surface area contributed by atoms with Crippen molar-refractivity contribution in [1.82, 2.24) is 0 Å². The normalized spacial score (nSPS) is 11.7. The Balaban J connectivity index is 2.08. The first-order valence-corrected chi connectivity index (χ1v) is 12.1. The highest BCUT2D eigenvalue weighted by Gasteiger charge is 2.31. The second kappa shape index (κ2) is 11.6. The molecule has 0 heterocycles. The topological polar surface area (TPSA) is 76.1 Å². The molecule has 0 aliphatic rings. The van der Waals surface area contributed by atoms with Crippen LogP contribution in [-0.2, 0) is 21.5 Å². The fraction of sp³-hybridized carbons (Fsp3) is 0.310. The SMILES string of the molecule is CCCOc1ccc(N(Cc2ccc(C(C)(C)C)cc2)C(=O)C(=O)O)c(-c2ccc(OC(F)(F)F)cc2)c1. The minimum atomic E-state index is -4.84. The molecule has 0 saturated heterocycles. The molecule has 3 rings (SSSR count). The molecule has 38 heavy (non-hydrogen) atoms. The molecule has 3 aromatic carbocycles. The van der Waals surface area contributed by atoms with Crippen molar-refractivity contribution in [3.05, 3.63) is 77.9 Å². The summed E-state index contributed by atoms with van der Waals surface area (Å²) < 4.78 is 47.6. The van der Waals surface area contributed by atoms with Gasteiger partial charge in [-0.25, -0.2) is 4.79 Å². The van der Waals surface area contributed by atoms with Crippen LogP contribution in [0.25, 0.3) is 11.1 Å². The lowest BCUT2D eigenvalue weighted by atomic mass is 9.86. The number of halogens is 3. The van der Waals surface area contributed by atoms with Gasteiger partial charge < -0.3 is 14.6 Å². The van der Waals surface area contributed by atoms with Crippen LogP contribution in [0.15, 0.2) is 66.7 Å². The molecule has 0 saturated carbocycles. The smallest absolute Gasteiger partial charge is 0.494 e. The molecule has 0 radical (unpaired) electrons. The second-order valence-electron chi connectivity index (χ2n) is 9.74. The van der Waals surface area contributed by atoms with E-state index >= 15 is 0 Å². The Hall–Kier alpha value is -4.01. The summed E-state index contributed by atoms with van der Waals surface area (Å²) in [6.45, 7) is 8.54. The molecule has 6 nitrogen and oxygen atoms in total. The van der Waals surface area contributed by atoms with E-state index in [-0.39, 0.29) is 17.6 Å². The number of carbonyl (C=O) groups is 2. The fourth-order valence-electron chi connectivity index (χ4n) is 3.80. The van der Waals surface area contributed by atoms with Crippen LogP contribution < -0.4 is 14.4 Å². The molecular weight excluding hydrogens is 499 g/mol. The number of aliphatic carboxylic acids is 1. The van der Waals surface area contributed by atoms with Crippen molar-refractivity contribution in [2.24, 2.45) is 0 Å². The van der Waals surface area contributed by atoms with Crippen molar-refractivity contribution >= 4 is 17.6 Å². The summed E-state index contributed by atoms with van der Waals surface area (Å²) in [7, 11) is 0.